The second-order valence-corrected chi connectivity index (χ2v) is 21.7. The van der Waals surface area contributed by atoms with E-state index >= 15 is 0 Å². The van der Waals surface area contributed by atoms with Gasteiger partial charge in [-0.15, -0.1) is 0 Å². The minimum atomic E-state index is -2.38. The van der Waals surface area contributed by atoms with Gasteiger partial charge in [-0.25, -0.2) is 0 Å². The van der Waals surface area contributed by atoms with Crippen molar-refractivity contribution in [2.24, 2.45) is 0 Å². The third-order valence-corrected chi connectivity index (χ3v) is 17.4. The Morgan fingerprint density at radius 2 is 0.886 bits per heavy atom. The topological polar surface area (TPSA) is 18.5 Å². The molecule has 35 heavy (non-hydrogen) atoms. The standard InChI is InChI=1S/C31H52O2Si2/c1-30(2,3)34(7,8)32-26-20-12-10-9-11-13-21-27-33-35(31(4,5)6,28-22-16-14-17-23-28)29-24-18-15-19-25-29/h14-19,22-25H,9-13,20-21,26-27H2,1-8H3. The Labute approximate surface area is 219 Å². The van der Waals surface area contributed by atoms with Crippen molar-refractivity contribution in [3.8, 4) is 0 Å². The van der Waals surface area contributed by atoms with E-state index in [-0.39, 0.29) is 5.04 Å². The molecule has 2 rings (SSSR count). The number of unbranched alkanes of at least 4 members (excludes halogenated alkanes) is 6. The molecule has 0 radical (unpaired) electrons. The molecular formula is C31H52O2Si2. The lowest BCUT2D eigenvalue weighted by Gasteiger charge is -2.43. The number of hydrogen-bond acceptors (Lipinski definition) is 2. The SMILES string of the molecule is CC(C)(C)[Si](C)(C)OCCCCCCCCCO[Si](c1ccccc1)(c1ccccc1)C(C)(C)C. The maximum atomic E-state index is 7.01. The molecule has 0 unspecified atom stereocenters. The Morgan fingerprint density at radius 1 is 0.514 bits per heavy atom. The fourth-order valence-corrected chi connectivity index (χ4v) is 10.3. The van der Waals surface area contributed by atoms with E-state index in [4.69, 9.17) is 8.85 Å². The van der Waals surface area contributed by atoms with Crippen LogP contribution >= 0.6 is 0 Å². The highest BCUT2D eigenvalue weighted by atomic mass is 28.4. The molecule has 0 amide bonds. The Balaban J connectivity index is 1.80. The molecule has 2 nitrogen and oxygen atoms in total. The maximum Gasteiger partial charge on any atom is 0.261 e. The normalized spacial score (nSPS) is 13.3. The zero-order valence-corrected chi connectivity index (χ0v) is 26.0. The molecule has 0 aliphatic rings. The summed E-state index contributed by atoms with van der Waals surface area (Å²) in [6.45, 7) is 20.5. The molecule has 196 valence electrons. The van der Waals surface area contributed by atoms with Crippen molar-refractivity contribution in [3.05, 3.63) is 60.7 Å². The van der Waals surface area contributed by atoms with Crippen LogP contribution in [0.15, 0.2) is 60.7 Å². The van der Waals surface area contributed by atoms with Crippen molar-refractivity contribution in [2.45, 2.75) is 110 Å². The lowest BCUT2D eigenvalue weighted by Crippen LogP contribution is -2.66. The largest absolute Gasteiger partial charge is 0.417 e. The second kappa shape index (κ2) is 13.4. The minimum absolute atomic E-state index is 0.0577. The van der Waals surface area contributed by atoms with Crippen LogP contribution in [0.25, 0.3) is 0 Å². The quantitative estimate of drug-likeness (QED) is 0.187. The zero-order valence-electron chi connectivity index (χ0n) is 24.0. The molecule has 0 aliphatic heterocycles. The van der Waals surface area contributed by atoms with Crippen molar-refractivity contribution in [2.75, 3.05) is 13.2 Å². The van der Waals surface area contributed by atoms with Crippen molar-refractivity contribution < 1.29 is 8.85 Å². The van der Waals surface area contributed by atoms with Crippen molar-refractivity contribution in [3.63, 3.8) is 0 Å². The predicted molar refractivity (Wildman–Crippen MR) is 159 cm³/mol. The molecule has 0 N–H and O–H groups in total. The van der Waals surface area contributed by atoms with Gasteiger partial charge < -0.3 is 8.85 Å². The van der Waals surface area contributed by atoms with E-state index in [1.54, 1.807) is 0 Å². The Bertz CT molecular complexity index is 796. The van der Waals surface area contributed by atoms with Crippen LogP contribution in [0.2, 0.25) is 23.2 Å². The lowest BCUT2D eigenvalue weighted by atomic mass is 10.1. The molecule has 0 aromatic heterocycles. The van der Waals surface area contributed by atoms with Crippen molar-refractivity contribution >= 4 is 27.0 Å². The average Bonchev–Trinajstić information content (AvgIpc) is 2.79. The zero-order chi connectivity index (χ0) is 26.0. The molecule has 0 spiro atoms. The summed E-state index contributed by atoms with van der Waals surface area (Å²) < 4.78 is 13.3. The summed E-state index contributed by atoms with van der Waals surface area (Å²) in [4.78, 5) is 0. The van der Waals surface area contributed by atoms with Crippen molar-refractivity contribution in [1.29, 1.82) is 0 Å². The first-order chi connectivity index (χ1) is 16.4. The summed E-state index contributed by atoms with van der Waals surface area (Å²) in [7, 11) is -3.96. The van der Waals surface area contributed by atoms with Gasteiger partial charge in [0.05, 0.1) is 0 Å². The summed E-state index contributed by atoms with van der Waals surface area (Å²) in [5, 5.41) is 3.11. The molecule has 0 saturated carbocycles. The monoisotopic (exact) mass is 512 g/mol. The van der Waals surface area contributed by atoms with Gasteiger partial charge >= 0.3 is 0 Å². The first kappa shape index (κ1) is 30.0. The first-order valence-corrected chi connectivity index (χ1v) is 18.6. The van der Waals surface area contributed by atoms with E-state index < -0.39 is 16.6 Å². The Kier molecular flexibility index (Phi) is 11.5. The van der Waals surface area contributed by atoms with Gasteiger partial charge in [-0.1, -0.05) is 134 Å². The first-order valence-electron chi connectivity index (χ1n) is 13.8. The Morgan fingerprint density at radius 3 is 1.26 bits per heavy atom. The molecule has 2 aromatic rings. The molecule has 0 heterocycles. The summed E-state index contributed by atoms with van der Waals surface area (Å²) in [6, 6.07) is 22.0. The van der Waals surface area contributed by atoms with Crippen LogP contribution < -0.4 is 10.4 Å². The fraction of sp³-hybridized carbons (Fsp3) is 0.613. The lowest BCUT2D eigenvalue weighted by molar-refractivity contribution is 0.276. The molecule has 0 bridgehead atoms. The van der Waals surface area contributed by atoms with Crippen molar-refractivity contribution in [1.82, 2.24) is 0 Å². The molecule has 0 aliphatic carbocycles. The third-order valence-electron chi connectivity index (χ3n) is 7.79. The van der Waals surface area contributed by atoms with Crippen LogP contribution in [0.1, 0.15) is 86.5 Å². The molecule has 2 aromatic carbocycles. The van der Waals surface area contributed by atoms with E-state index in [2.05, 4.69) is 115 Å². The predicted octanol–water partition coefficient (Wildman–Crippen LogP) is 8.32. The molecule has 4 heteroatoms. The van der Waals surface area contributed by atoms with Gasteiger partial charge in [-0.2, -0.15) is 0 Å². The summed E-state index contributed by atoms with van der Waals surface area (Å²) in [5.41, 5.74) is 0. The van der Waals surface area contributed by atoms with E-state index in [9.17, 15) is 0 Å². The minimum Gasteiger partial charge on any atom is -0.417 e. The number of hydrogen-bond donors (Lipinski definition) is 0. The summed E-state index contributed by atoms with van der Waals surface area (Å²) >= 11 is 0. The molecular weight excluding hydrogens is 461 g/mol. The summed E-state index contributed by atoms with van der Waals surface area (Å²) in [6.07, 6.45) is 8.80. The van der Waals surface area contributed by atoms with Gasteiger partial charge in [0, 0.05) is 13.2 Å². The highest BCUT2D eigenvalue weighted by molar-refractivity contribution is 6.99. The van der Waals surface area contributed by atoms with Crippen LogP contribution in [-0.4, -0.2) is 29.8 Å². The highest BCUT2D eigenvalue weighted by Crippen LogP contribution is 2.37. The smallest absolute Gasteiger partial charge is 0.261 e. The van der Waals surface area contributed by atoms with Crippen LogP contribution in [0, 0.1) is 0 Å². The van der Waals surface area contributed by atoms with Gasteiger partial charge in [-0.05, 0) is 46.4 Å². The van der Waals surface area contributed by atoms with E-state index in [1.807, 2.05) is 0 Å². The van der Waals surface area contributed by atoms with Gasteiger partial charge in [0.15, 0.2) is 8.32 Å². The molecule has 0 atom stereocenters. The third kappa shape index (κ3) is 8.41. The van der Waals surface area contributed by atoms with E-state index in [1.165, 1.54) is 48.9 Å². The molecule has 0 fully saturated rings. The maximum absolute atomic E-state index is 7.01. The highest BCUT2D eigenvalue weighted by Gasteiger charge is 2.49. The van der Waals surface area contributed by atoms with Gasteiger partial charge in [-0.3, -0.25) is 0 Å². The second-order valence-electron chi connectivity index (χ2n) is 12.6. The van der Waals surface area contributed by atoms with Gasteiger partial charge in [0.1, 0.15) is 0 Å². The van der Waals surface area contributed by atoms with Gasteiger partial charge in [0.25, 0.3) is 8.32 Å². The van der Waals surface area contributed by atoms with Crippen LogP contribution in [0.5, 0.6) is 0 Å². The fourth-order valence-electron chi connectivity index (χ4n) is 4.62. The summed E-state index contributed by atoms with van der Waals surface area (Å²) in [5.74, 6) is 0. The van der Waals surface area contributed by atoms with E-state index in [0.717, 1.165) is 19.6 Å². The number of rotatable bonds is 14. The molecule has 0 saturated heterocycles. The van der Waals surface area contributed by atoms with Crippen LogP contribution in [-0.2, 0) is 8.85 Å². The van der Waals surface area contributed by atoms with Crippen LogP contribution in [0.4, 0.5) is 0 Å². The van der Waals surface area contributed by atoms with Crippen LogP contribution in [0.3, 0.4) is 0 Å². The van der Waals surface area contributed by atoms with E-state index in [0.29, 0.717) is 5.04 Å². The average molecular weight is 513 g/mol. The van der Waals surface area contributed by atoms with Gasteiger partial charge in [0.2, 0.25) is 0 Å². The number of benzene rings is 2. The Hall–Kier alpha value is -1.21.